The van der Waals surface area contributed by atoms with Gasteiger partial charge in [-0.2, -0.15) is 0 Å². The molecule has 0 radical (unpaired) electrons. The van der Waals surface area contributed by atoms with Crippen LogP contribution in [0.3, 0.4) is 0 Å². The molecule has 28 heavy (non-hydrogen) atoms. The molecule has 1 fully saturated rings. The van der Waals surface area contributed by atoms with Crippen LogP contribution in [0.5, 0.6) is 5.75 Å². The predicted molar refractivity (Wildman–Crippen MR) is 108 cm³/mol. The quantitative estimate of drug-likeness (QED) is 0.834. The molecule has 0 saturated carbocycles. The SMILES string of the molecule is COc1ccc(CCC(=O)N2CCC(C(=O)Nc3cc(C)ccn3)CC2)cc1. The van der Waals surface area contributed by atoms with Crippen LogP contribution in [-0.4, -0.2) is 41.9 Å². The third-order valence-corrected chi connectivity index (χ3v) is 5.17. The van der Waals surface area contributed by atoms with Crippen molar-refractivity contribution in [2.75, 3.05) is 25.5 Å². The summed E-state index contributed by atoms with van der Waals surface area (Å²) < 4.78 is 5.15. The summed E-state index contributed by atoms with van der Waals surface area (Å²) in [5, 5.41) is 2.89. The smallest absolute Gasteiger partial charge is 0.228 e. The Labute approximate surface area is 165 Å². The summed E-state index contributed by atoms with van der Waals surface area (Å²) >= 11 is 0. The van der Waals surface area contributed by atoms with E-state index in [1.807, 2.05) is 48.2 Å². The predicted octanol–water partition coefficient (Wildman–Crippen LogP) is 3.21. The summed E-state index contributed by atoms with van der Waals surface area (Å²) in [5.74, 6) is 1.46. The van der Waals surface area contributed by atoms with Crippen LogP contribution in [0.4, 0.5) is 5.82 Å². The molecule has 1 aliphatic rings. The van der Waals surface area contributed by atoms with E-state index < -0.39 is 0 Å². The molecule has 2 aromatic rings. The lowest BCUT2D eigenvalue weighted by Crippen LogP contribution is -2.41. The normalized spacial score (nSPS) is 14.6. The lowest BCUT2D eigenvalue weighted by molar-refractivity contribution is -0.134. The largest absolute Gasteiger partial charge is 0.497 e. The highest BCUT2D eigenvalue weighted by atomic mass is 16.5. The fourth-order valence-corrected chi connectivity index (χ4v) is 3.43. The topological polar surface area (TPSA) is 71.5 Å². The summed E-state index contributed by atoms with van der Waals surface area (Å²) in [5.41, 5.74) is 2.18. The van der Waals surface area contributed by atoms with Gasteiger partial charge in [-0.3, -0.25) is 9.59 Å². The van der Waals surface area contributed by atoms with Crippen molar-refractivity contribution in [2.45, 2.75) is 32.6 Å². The number of carbonyl (C=O) groups is 2. The van der Waals surface area contributed by atoms with Crippen molar-refractivity contribution in [1.29, 1.82) is 0 Å². The zero-order chi connectivity index (χ0) is 19.9. The molecule has 0 unspecified atom stereocenters. The Morgan fingerprint density at radius 2 is 1.89 bits per heavy atom. The van der Waals surface area contributed by atoms with E-state index in [9.17, 15) is 9.59 Å². The summed E-state index contributed by atoms with van der Waals surface area (Å²) in [6, 6.07) is 11.5. The van der Waals surface area contributed by atoms with Gasteiger partial charge in [-0.05, 0) is 61.6 Å². The molecule has 0 atom stereocenters. The standard InChI is InChI=1S/C22H27N3O3/c1-16-9-12-23-20(15-16)24-22(27)18-10-13-25(14-11-18)21(26)8-5-17-3-6-19(28-2)7-4-17/h3-4,6-7,9,12,15,18H,5,8,10-11,13-14H2,1-2H3,(H,23,24,27). The first kappa shape index (κ1) is 19.9. The highest BCUT2D eigenvalue weighted by Gasteiger charge is 2.27. The molecule has 0 bridgehead atoms. The number of nitrogens with one attached hydrogen (secondary N) is 1. The number of likely N-dealkylation sites (tertiary alicyclic amines) is 1. The number of piperidine rings is 1. The van der Waals surface area contributed by atoms with Gasteiger partial charge in [0.05, 0.1) is 7.11 Å². The number of hydrogen-bond acceptors (Lipinski definition) is 4. The number of rotatable bonds is 6. The number of nitrogens with zero attached hydrogens (tertiary/aromatic N) is 2. The molecule has 0 aliphatic carbocycles. The maximum atomic E-state index is 12.5. The molecular weight excluding hydrogens is 354 g/mol. The molecule has 148 valence electrons. The van der Waals surface area contributed by atoms with Crippen LogP contribution in [0.15, 0.2) is 42.6 Å². The zero-order valence-electron chi connectivity index (χ0n) is 16.5. The van der Waals surface area contributed by atoms with Gasteiger partial charge < -0.3 is 15.0 Å². The van der Waals surface area contributed by atoms with E-state index in [1.165, 1.54) is 0 Å². The number of benzene rings is 1. The van der Waals surface area contributed by atoms with Crippen molar-refractivity contribution in [1.82, 2.24) is 9.88 Å². The first-order chi connectivity index (χ1) is 13.5. The number of ether oxygens (including phenoxy) is 1. The van der Waals surface area contributed by atoms with E-state index >= 15 is 0 Å². The minimum atomic E-state index is -0.0760. The number of aryl methyl sites for hydroxylation is 2. The molecule has 1 aliphatic heterocycles. The Kier molecular flexibility index (Phi) is 6.63. The molecule has 0 spiro atoms. The number of carbonyl (C=O) groups excluding carboxylic acids is 2. The summed E-state index contributed by atoms with van der Waals surface area (Å²) in [4.78, 5) is 31.0. The molecule has 1 aromatic heterocycles. The van der Waals surface area contributed by atoms with Crippen molar-refractivity contribution in [3.8, 4) is 5.75 Å². The number of anilines is 1. The van der Waals surface area contributed by atoms with Crippen LogP contribution in [0, 0.1) is 12.8 Å². The van der Waals surface area contributed by atoms with Crippen molar-refractivity contribution in [2.24, 2.45) is 5.92 Å². The van der Waals surface area contributed by atoms with E-state index in [0.717, 1.165) is 16.9 Å². The van der Waals surface area contributed by atoms with Crippen LogP contribution in [0.2, 0.25) is 0 Å². The van der Waals surface area contributed by atoms with E-state index in [0.29, 0.717) is 44.6 Å². The van der Waals surface area contributed by atoms with E-state index in [-0.39, 0.29) is 17.7 Å². The monoisotopic (exact) mass is 381 g/mol. The molecular formula is C22H27N3O3. The van der Waals surface area contributed by atoms with Gasteiger partial charge in [-0.15, -0.1) is 0 Å². The summed E-state index contributed by atoms with van der Waals surface area (Å²) in [7, 11) is 1.64. The summed E-state index contributed by atoms with van der Waals surface area (Å²) in [6.45, 7) is 3.22. The number of methoxy groups -OCH3 is 1. The van der Waals surface area contributed by atoms with Crippen LogP contribution >= 0.6 is 0 Å². The molecule has 2 amide bonds. The first-order valence-corrected chi connectivity index (χ1v) is 9.69. The Balaban J connectivity index is 1.43. The van der Waals surface area contributed by atoms with Gasteiger partial charge in [-0.25, -0.2) is 4.98 Å². The average Bonchev–Trinajstić information content (AvgIpc) is 2.72. The van der Waals surface area contributed by atoms with Gasteiger partial charge in [-0.1, -0.05) is 12.1 Å². The second kappa shape index (κ2) is 9.35. The minimum Gasteiger partial charge on any atom is -0.497 e. The highest BCUT2D eigenvalue weighted by molar-refractivity contribution is 5.92. The number of pyridine rings is 1. The fourth-order valence-electron chi connectivity index (χ4n) is 3.43. The van der Waals surface area contributed by atoms with Gasteiger partial charge in [0.25, 0.3) is 0 Å². The van der Waals surface area contributed by atoms with E-state index in [1.54, 1.807) is 13.3 Å². The first-order valence-electron chi connectivity index (χ1n) is 9.69. The molecule has 1 aromatic carbocycles. The van der Waals surface area contributed by atoms with Gasteiger partial charge in [0.1, 0.15) is 11.6 Å². The zero-order valence-corrected chi connectivity index (χ0v) is 16.5. The van der Waals surface area contributed by atoms with Gasteiger partial charge in [0, 0.05) is 31.6 Å². The Hall–Kier alpha value is -2.89. The van der Waals surface area contributed by atoms with E-state index in [4.69, 9.17) is 4.74 Å². The second-order valence-corrected chi connectivity index (χ2v) is 7.21. The summed E-state index contributed by atoms with van der Waals surface area (Å²) in [6.07, 6.45) is 4.26. The van der Waals surface area contributed by atoms with Crippen molar-refractivity contribution < 1.29 is 14.3 Å². The molecule has 2 heterocycles. The van der Waals surface area contributed by atoms with Gasteiger partial charge >= 0.3 is 0 Å². The number of hydrogen-bond donors (Lipinski definition) is 1. The minimum absolute atomic E-state index is 0.0107. The molecule has 6 nitrogen and oxygen atoms in total. The van der Waals surface area contributed by atoms with Crippen LogP contribution in [0.1, 0.15) is 30.4 Å². The maximum absolute atomic E-state index is 12.5. The van der Waals surface area contributed by atoms with Crippen molar-refractivity contribution in [3.63, 3.8) is 0 Å². The Bertz CT molecular complexity index is 812. The van der Waals surface area contributed by atoms with Crippen LogP contribution < -0.4 is 10.1 Å². The highest BCUT2D eigenvalue weighted by Crippen LogP contribution is 2.20. The van der Waals surface area contributed by atoms with Crippen LogP contribution in [-0.2, 0) is 16.0 Å². The fraction of sp³-hybridized carbons (Fsp3) is 0.409. The Morgan fingerprint density at radius 3 is 2.54 bits per heavy atom. The lowest BCUT2D eigenvalue weighted by atomic mass is 9.95. The average molecular weight is 381 g/mol. The third kappa shape index (κ3) is 5.31. The molecule has 3 rings (SSSR count). The molecule has 1 N–H and O–H groups in total. The lowest BCUT2D eigenvalue weighted by Gasteiger charge is -2.31. The van der Waals surface area contributed by atoms with Gasteiger partial charge in [0.2, 0.25) is 11.8 Å². The maximum Gasteiger partial charge on any atom is 0.228 e. The molecule has 6 heteroatoms. The Morgan fingerprint density at radius 1 is 1.18 bits per heavy atom. The van der Waals surface area contributed by atoms with E-state index in [2.05, 4.69) is 10.3 Å². The van der Waals surface area contributed by atoms with Crippen molar-refractivity contribution in [3.05, 3.63) is 53.7 Å². The van der Waals surface area contributed by atoms with Crippen LogP contribution in [0.25, 0.3) is 0 Å². The molecule has 1 saturated heterocycles. The third-order valence-electron chi connectivity index (χ3n) is 5.17. The van der Waals surface area contributed by atoms with Gasteiger partial charge in [0.15, 0.2) is 0 Å². The van der Waals surface area contributed by atoms with Crippen molar-refractivity contribution >= 4 is 17.6 Å². The number of amides is 2. The second-order valence-electron chi connectivity index (χ2n) is 7.21. The number of aromatic nitrogens is 1.